The molecule has 4 heteroatoms. The quantitative estimate of drug-likeness (QED) is 0.764. The lowest BCUT2D eigenvalue weighted by atomic mass is 10.2. The molecule has 1 fully saturated rings. The van der Waals surface area contributed by atoms with Crippen LogP contribution >= 0.6 is 0 Å². The number of hydrogen-bond donors (Lipinski definition) is 0. The summed E-state index contributed by atoms with van der Waals surface area (Å²) in [4.78, 5) is 2.07. The zero-order valence-corrected chi connectivity index (χ0v) is 9.11. The smallest absolute Gasteiger partial charge is 0.143 e. The molecular formula is C12H13FN2O. The van der Waals surface area contributed by atoms with E-state index >= 15 is 0 Å². The van der Waals surface area contributed by atoms with E-state index in [2.05, 4.69) is 4.90 Å². The van der Waals surface area contributed by atoms with Crippen molar-refractivity contribution in [3.05, 3.63) is 29.6 Å². The zero-order valence-electron chi connectivity index (χ0n) is 9.11. The molecule has 1 aromatic carbocycles. The SMILES string of the molecule is COC1CCN(c2ccc(C#N)c(F)c2)C1. The molecule has 1 aliphatic rings. The van der Waals surface area contributed by atoms with E-state index in [0.29, 0.717) is 0 Å². The van der Waals surface area contributed by atoms with Crippen LogP contribution in [0.3, 0.4) is 0 Å². The van der Waals surface area contributed by atoms with E-state index in [1.807, 2.05) is 6.07 Å². The maximum atomic E-state index is 13.4. The van der Waals surface area contributed by atoms with Crippen LogP contribution < -0.4 is 4.90 Å². The third kappa shape index (κ3) is 2.00. The lowest BCUT2D eigenvalue weighted by Gasteiger charge is -2.18. The highest BCUT2D eigenvalue weighted by atomic mass is 19.1. The summed E-state index contributed by atoms with van der Waals surface area (Å²) < 4.78 is 18.7. The maximum absolute atomic E-state index is 13.4. The van der Waals surface area contributed by atoms with Gasteiger partial charge >= 0.3 is 0 Å². The second-order valence-corrected chi connectivity index (χ2v) is 3.87. The predicted octanol–water partition coefficient (Wildman–Crippen LogP) is 1.92. The fourth-order valence-electron chi connectivity index (χ4n) is 1.95. The number of ether oxygens (including phenoxy) is 1. The van der Waals surface area contributed by atoms with Crippen molar-refractivity contribution in [1.29, 1.82) is 5.26 Å². The molecule has 0 bridgehead atoms. The van der Waals surface area contributed by atoms with Crippen LogP contribution in [0.1, 0.15) is 12.0 Å². The van der Waals surface area contributed by atoms with Crippen LogP contribution in [0.2, 0.25) is 0 Å². The Morgan fingerprint density at radius 3 is 2.94 bits per heavy atom. The summed E-state index contributed by atoms with van der Waals surface area (Å²) in [5.74, 6) is -0.458. The average Bonchev–Trinajstić information content (AvgIpc) is 2.77. The van der Waals surface area contributed by atoms with Crippen molar-refractivity contribution >= 4 is 5.69 Å². The first-order valence-corrected chi connectivity index (χ1v) is 5.22. The van der Waals surface area contributed by atoms with E-state index in [1.165, 1.54) is 12.1 Å². The number of halogens is 1. The van der Waals surface area contributed by atoms with Gasteiger partial charge in [0.2, 0.25) is 0 Å². The van der Waals surface area contributed by atoms with Crippen molar-refractivity contribution in [2.45, 2.75) is 12.5 Å². The Morgan fingerprint density at radius 1 is 1.56 bits per heavy atom. The fraction of sp³-hybridized carbons (Fsp3) is 0.417. The maximum Gasteiger partial charge on any atom is 0.143 e. The Bertz CT molecular complexity index is 428. The van der Waals surface area contributed by atoms with Gasteiger partial charge in [0, 0.05) is 25.9 Å². The van der Waals surface area contributed by atoms with E-state index in [9.17, 15) is 4.39 Å². The molecule has 1 atom stereocenters. The Hall–Kier alpha value is -1.60. The lowest BCUT2D eigenvalue weighted by Crippen LogP contribution is -2.22. The highest BCUT2D eigenvalue weighted by Crippen LogP contribution is 2.23. The minimum Gasteiger partial charge on any atom is -0.380 e. The van der Waals surface area contributed by atoms with E-state index in [4.69, 9.17) is 10.00 Å². The van der Waals surface area contributed by atoms with Crippen LogP contribution in [0, 0.1) is 17.1 Å². The molecule has 3 nitrogen and oxygen atoms in total. The Morgan fingerprint density at radius 2 is 2.38 bits per heavy atom. The topological polar surface area (TPSA) is 36.3 Å². The first-order chi connectivity index (χ1) is 7.74. The Labute approximate surface area is 94.0 Å². The summed E-state index contributed by atoms with van der Waals surface area (Å²) in [6.45, 7) is 1.64. The number of rotatable bonds is 2. The van der Waals surface area contributed by atoms with Gasteiger partial charge < -0.3 is 9.64 Å². The normalized spacial score (nSPS) is 19.8. The van der Waals surface area contributed by atoms with E-state index in [0.717, 1.165) is 25.2 Å². The average molecular weight is 220 g/mol. The molecule has 0 aromatic heterocycles. The van der Waals surface area contributed by atoms with Crippen molar-refractivity contribution in [3.8, 4) is 6.07 Å². The lowest BCUT2D eigenvalue weighted by molar-refractivity contribution is 0.121. The van der Waals surface area contributed by atoms with Gasteiger partial charge in [0.15, 0.2) is 0 Å². The Balaban J connectivity index is 2.17. The van der Waals surface area contributed by atoms with Gasteiger partial charge in [-0.05, 0) is 24.6 Å². The van der Waals surface area contributed by atoms with Gasteiger partial charge in [0.05, 0.1) is 11.7 Å². The minimum atomic E-state index is -0.458. The third-order valence-electron chi connectivity index (χ3n) is 2.92. The minimum absolute atomic E-state index is 0.0891. The molecule has 2 rings (SSSR count). The molecule has 16 heavy (non-hydrogen) atoms. The second kappa shape index (κ2) is 4.50. The monoisotopic (exact) mass is 220 g/mol. The second-order valence-electron chi connectivity index (χ2n) is 3.87. The molecule has 84 valence electrons. The molecule has 0 spiro atoms. The van der Waals surface area contributed by atoms with Gasteiger partial charge in [-0.2, -0.15) is 5.26 Å². The first kappa shape index (κ1) is 10.9. The van der Waals surface area contributed by atoms with Gasteiger partial charge in [0.1, 0.15) is 11.9 Å². The van der Waals surface area contributed by atoms with Crippen LogP contribution in [0.5, 0.6) is 0 Å². The summed E-state index contributed by atoms with van der Waals surface area (Å²) >= 11 is 0. The molecule has 0 amide bonds. The molecule has 1 unspecified atom stereocenters. The van der Waals surface area contributed by atoms with E-state index < -0.39 is 5.82 Å². The van der Waals surface area contributed by atoms with Crippen molar-refractivity contribution in [3.63, 3.8) is 0 Å². The molecule has 0 N–H and O–H groups in total. The Kier molecular flexibility index (Phi) is 3.07. The van der Waals surface area contributed by atoms with Crippen LogP contribution in [-0.2, 0) is 4.74 Å². The molecular weight excluding hydrogens is 207 g/mol. The molecule has 0 aliphatic carbocycles. The van der Waals surface area contributed by atoms with Crippen molar-refractivity contribution in [2.24, 2.45) is 0 Å². The molecule has 1 aromatic rings. The molecule has 1 heterocycles. The van der Waals surface area contributed by atoms with Crippen molar-refractivity contribution < 1.29 is 9.13 Å². The number of benzene rings is 1. The molecule has 1 saturated heterocycles. The van der Waals surface area contributed by atoms with Crippen molar-refractivity contribution in [1.82, 2.24) is 0 Å². The highest BCUT2D eigenvalue weighted by Gasteiger charge is 2.22. The number of nitrogens with zero attached hydrogens (tertiary/aromatic N) is 2. The van der Waals surface area contributed by atoms with Gasteiger partial charge in [0.25, 0.3) is 0 Å². The number of hydrogen-bond acceptors (Lipinski definition) is 3. The van der Waals surface area contributed by atoms with Gasteiger partial charge in [-0.1, -0.05) is 0 Å². The summed E-state index contributed by atoms with van der Waals surface area (Å²) in [5.41, 5.74) is 0.905. The van der Waals surface area contributed by atoms with E-state index in [-0.39, 0.29) is 11.7 Å². The largest absolute Gasteiger partial charge is 0.380 e. The van der Waals surface area contributed by atoms with Gasteiger partial charge in [-0.3, -0.25) is 0 Å². The van der Waals surface area contributed by atoms with Gasteiger partial charge in [-0.25, -0.2) is 4.39 Å². The van der Waals surface area contributed by atoms with Crippen molar-refractivity contribution in [2.75, 3.05) is 25.1 Å². The summed E-state index contributed by atoms with van der Waals surface area (Å²) in [6, 6.07) is 6.52. The molecule has 0 saturated carbocycles. The summed E-state index contributed by atoms with van der Waals surface area (Å²) in [6.07, 6.45) is 1.18. The van der Waals surface area contributed by atoms with E-state index in [1.54, 1.807) is 13.2 Å². The standard InChI is InChI=1S/C12H13FN2O/c1-16-11-4-5-15(8-11)10-3-2-9(7-14)12(13)6-10/h2-3,6,11H,4-5,8H2,1H3. The van der Waals surface area contributed by atoms with Crippen LogP contribution in [-0.4, -0.2) is 26.3 Å². The van der Waals surface area contributed by atoms with Crippen LogP contribution in [0.25, 0.3) is 0 Å². The predicted molar refractivity (Wildman–Crippen MR) is 58.7 cm³/mol. The van der Waals surface area contributed by atoms with Gasteiger partial charge in [-0.15, -0.1) is 0 Å². The summed E-state index contributed by atoms with van der Waals surface area (Å²) in [5, 5.41) is 8.63. The van der Waals surface area contributed by atoms with Crippen LogP contribution in [0.4, 0.5) is 10.1 Å². The third-order valence-corrected chi connectivity index (χ3v) is 2.92. The van der Waals surface area contributed by atoms with Crippen LogP contribution in [0.15, 0.2) is 18.2 Å². The number of methoxy groups -OCH3 is 1. The number of nitriles is 1. The summed E-state index contributed by atoms with van der Waals surface area (Å²) in [7, 11) is 1.69. The molecule has 0 radical (unpaired) electrons. The first-order valence-electron chi connectivity index (χ1n) is 5.22. The zero-order chi connectivity index (χ0) is 11.5. The highest BCUT2D eigenvalue weighted by molar-refractivity contribution is 5.51. The number of anilines is 1. The fourth-order valence-corrected chi connectivity index (χ4v) is 1.95. The molecule has 1 aliphatic heterocycles.